The Morgan fingerprint density at radius 1 is 0.840 bits per heavy atom. The number of aromatic nitrogens is 4. The van der Waals surface area contributed by atoms with Gasteiger partial charge in [0.05, 0.1) is 59.7 Å². The third-order valence-corrected chi connectivity index (χ3v) is 14.9. The molecule has 3 aromatic heterocycles. The summed E-state index contributed by atoms with van der Waals surface area (Å²) in [5, 5.41) is 12.0. The van der Waals surface area contributed by atoms with Crippen molar-refractivity contribution in [3.63, 3.8) is 0 Å². The minimum absolute atomic E-state index is 0.0000246. The first-order chi connectivity index (χ1) is 36.4. The van der Waals surface area contributed by atoms with Gasteiger partial charge < -0.3 is 47.9 Å². The number of benzene rings is 4. The number of likely N-dealkylation sites (N-methyl/N-ethyl adjacent to an activating group) is 1. The number of carboxylic acid groups (broad SMARTS) is 1. The second kappa shape index (κ2) is 25.1. The van der Waals surface area contributed by atoms with E-state index in [4.69, 9.17) is 66.1 Å². The monoisotopic (exact) mass is 1080 g/mol. The average Bonchev–Trinajstić information content (AvgIpc) is 3.81. The largest absolute Gasteiger partial charge is 0.490 e. The number of rotatable bonds is 18. The molecule has 3 aliphatic rings. The highest BCUT2D eigenvalue weighted by Gasteiger charge is 2.32. The molecule has 1 saturated heterocycles. The molecule has 1 fully saturated rings. The van der Waals surface area contributed by atoms with Crippen molar-refractivity contribution in [2.75, 3.05) is 93.1 Å². The van der Waals surface area contributed by atoms with Gasteiger partial charge in [-0.05, 0) is 91.7 Å². The third kappa shape index (κ3) is 12.9. The van der Waals surface area contributed by atoms with Gasteiger partial charge in [-0.15, -0.1) is 11.3 Å². The fourth-order valence-corrected chi connectivity index (χ4v) is 10.6. The highest BCUT2D eigenvalue weighted by Crippen LogP contribution is 2.53. The third-order valence-electron chi connectivity index (χ3n) is 12.9. The topological polar surface area (TPSA) is 169 Å². The van der Waals surface area contributed by atoms with Crippen LogP contribution in [0, 0.1) is 19.7 Å². The van der Waals surface area contributed by atoms with Gasteiger partial charge in [0.15, 0.2) is 11.6 Å². The Kier molecular flexibility index (Phi) is 17.9. The van der Waals surface area contributed by atoms with Crippen molar-refractivity contribution in [2.45, 2.75) is 39.1 Å². The molecular formula is C55H57Cl2FN6O10S. The van der Waals surface area contributed by atoms with Crippen molar-refractivity contribution in [1.29, 1.82) is 0 Å². The maximum absolute atomic E-state index is 14.4. The zero-order valence-corrected chi connectivity index (χ0v) is 44.3. The van der Waals surface area contributed by atoms with Gasteiger partial charge in [0.2, 0.25) is 12.0 Å². The van der Waals surface area contributed by atoms with Crippen molar-refractivity contribution >= 4 is 50.7 Å². The number of nitrogens with zero attached hydrogens (tertiary/aromatic N) is 6. The fourth-order valence-electron chi connectivity index (χ4n) is 8.92. The Morgan fingerprint density at radius 3 is 2.32 bits per heavy atom. The smallest absolute Gasteiger partial charge is 0.345 e. The molecule has 0 amide bonds. The van der Waals surface area contributed by atoms with Crippen LogP contribution < -0.4 is 23.7 Å². The van der Waals surface area contributed by atoms with Crippen LogP contribution in [0.5, 0.6) is 28.9 Å². The van der Waals surface area contributed by atoms with Crippen molar-refractivity contribution in [1.82, 2.24) is 29.7 Å². The number of hydrogen-bond acceptors (Lipinski definition) is 16. The van der Waals surface area contributed by atoms with E-state index in [0.29, 0.717) is 135 Å². The molecule has 0 saturated carbocycles. The quantitative estimate of drug-likeness (QED) is 0.0806. The van der Waals surface area contributed by atoms with Crippen LogP contribution in [0.15, 0.2) is 85.3 Å². The molecule has 0 unspecified atom stereocenters. The first-order valence-electron chi connectivity index (χ1n) is 24.5. The lowest BCUT2D eigenvalue weighted by Crippen LogP contribution is -2.49. The van der Waals surface area contributed by atoms with Gasteiger partial charge in [0.1, 0.15) is 60.1 Å². The lowest BCUT2D eigenvalue weighted by Gasteiger charge is -2.35. The summed E-state index contributed by atoms with van der Waals surface area (Å²) in [6, 6.07) is 20.6. The Labute approximate surface area is 448 Å². The Bertz CT molecular complexity index is 3080. The molecule has 7 aromatic rings. The maximum atomic E-state index is 14.4. The van der Waals surface area contributed by atoms with Crippen LogP contribution in [0.1, 0.15) is 22.4 Å². The van der Waals surface area contributed by atoms with E-state index in [1.165, 1.54) is 29.8 Å². The van der Waals surface area contributed by atoms with E-state index in [9.17, 15) is 14.3 Å². The van der Waals surface area contributed by atoms with Crippen LogP contribution in [0.3, 0.4) is 0 Å². The van der Waals surface area contributed by atoms with Gasteiger partial charge in [-0.2, -0.15) is 0 Å². The molecule has 0 spiro atoms. The van der Waals surface area contributed by atoms with Crippen LogP contribution >= 0.6 is 34.5 Å². The van der Waals surface area contributed by atoms with Crippen molar-refractivity contribution < 1.29 is 52.2 Å². The van der Waals surface area contributed by atoms with Gasteiger partial charge in [-0.1, -0.05) is 47.5 Å². The summed E-state index contributed by atoms with van der Waals surface area (Å²) in [5.74, 6) is 0.481. The summed E-state index contributed by atoms with van der Waals surface area (Å²) in [7, 11) is 3.73. The van der Waals surface area contributed by atoms with Crippen molar-refractivity contribution in [3.05, 3.63) is 124 Å². The number of halogens is 3. The van der Waals surface area contributed by atoms with Crippen molar-refractivity contribution in [2.24, 2.45) is 0 Å². The van der Waals surface area contributed by atoms with E-state index in [1.807, 2.05) is 38.1 Å². The Hall–Kier alpha value is -6.22. The molecule has 4 aromatic carbocycles. The minimum Gasteiger partial charge on any atom is -0.490 e. The number of thiophene rings is 1. The van der Waals surface area contributed by atoms with Crippen LogP contribution in [-0.2, 0) is 32.0 Å². The molecule has 0 aliphatic carbocycles. The summed E-state index contributed by atoms with van der Waals surface area (Å²) >= 11 is 16.0. The number of carboxylic acids is 1. The SMILES string of the molecule is COCCOCCOCCOc1ccccc1-c1nccc(COc2ccc3cc2C[C@H](C(=O)O)Oc2ncnc4sc(-c5ccc(F)cc5)c(c24)-c2c(C)c(Cl)c(c(Cl)c2C)O[C@H](CN2CCN(C)CC2)CO3)n1. The van der Waals surface area contributed by atoms with Gasteiger partial charge in [-0.25, -0.2) is 29.1 Å². The molecule has 2 atom stereocenters. The molecule has 4 bridgehead atoms. The molecular weight excluding hydrogens is 1030 g/mol. The predicted octanol–water partition coefficient (Wildman–Crippen LogP) is 9.64. The number of aliphatic carboxylic acids is 1. The molecule has 20 heteroatoms. The summed E-state index contributed by atoms with van der Waals surface area (Å²) in [6.45, 7) is 10.3. The highest BCUT2D eigenvalue weighted by atomic mass is 35.5. The first-order valence-corrected chi connectivity index (χ1v) is 26.1. The zero-order valence-electron chi connectivity index (χ0n) is 42.0. The van der Waals surface area contributed by atoms with Crippen LogP contribution in [-0.4, -0.2) is 146 Å². The van der Waals surface area contributed by atoms with E-state index in [0.717, 1.165) is 26.2 Å². The number of ether oxygens (including phenoxy) is 8. The molecule has 3 aliphatic heterocycles. The second-order valence-electron chi connectivity index (χ2n) is 18.0. The van der Waals surface area contributed by atoms with Gasteiger partial charge in [0, 0.05) is 68.5 Å². The van der Waals surface area contributed by atoms with Crippen LogP contribution in [0.4, 0.5) is 4.39 Å². The molecule has 10 rings (SSSR count). The fraction of sp³-hybridized carbons (Fsp3) is 0.364. The van der Waals surface area contributed by atoms with Gasteiger partial charge in [-0.3, -0.25) is 4.90 Å². The molecule has 16 nitrogen and oxygen atoms in total. The lowest BCUT2D eigenvalue weighted by atomic mass is 9.92. The number of piperazine rings is 1. The number of carbonyl (C=O) groups is 1. The van der Waals surface area contributed by atoms with Crippen LogP contribution in [0.25, 0.3) is 43.2 Å². The van der Waals surface area contributed by atoms with E-state index in [-0.39, 0.29) is 35.6 Å². The number of fused-ring (bicyclic) bond motifs is 7. The number of hydrogen-bond donors (Lipinski definition) is 1. The van der Waals surface area contributed by atoms with E-state index >= 15 is 0 Å². The summed E-state index contributed by atoms with van der Waals surface area (Å²) in [4.78, 5) is 37.8. The summed E-state index contributed by atoms with van der Waals surface area (Å²) in [6.07, 6.45) is 0.751. The summed E-state index contributed by atoms with van der Waals surface area (Å²) < 4.78 is 63.1. The second-order valence-corrected chi connectivity index (χ2v) is 19.8. The lowest BCUT2D eigenvalue weighted by molar-refractivity contribution is -0.145. The molecule has 1 N–H and O–H groups in total. The normalized spacial score (nSPS) is 16.3. The van der Waals surface area contributed by atoms with E-state index < -0.39 is 24.0 Å². The van der Waals surface area contributed by atoms with E-state index in [2.05, 4.69) is 31.8 Å². The molecule has 0 radical (unpaired) electrons. The zero-order chi connectivity index (χ0) is 52.4. The van der Waals surface area contributed by atoms with Gasteiger partial charge >= 0.3 is 5.97 Å². The minimum atomic E-state index is -1.50. The molecule has 6 heterocycles. The number of para-hydroxylation sites is 1. The standard InChI is InChI=1S/C55H57Cl2FN6O10S/c1-33-45-34(2)49(57)50(48(33)56)73-40(29-64-19-17-63(3)18-20-64)31-71-39-13-14-42(72-30-38-15-16-59-52(62-38)41-7-5-6-8-43(41)70-26-25-69-24-23-68-22-21-67-4)36(27-39)28-44(55(65)66)74-53-47-46(45)51(75-54(47)61-32-60-53)35-9-11-37(58)12-10-35/h5-16,27,32,40,44H,17-26,28-31H2,1-4H3,(H,65,66)/t40-,44-/m1/s1. The summed E-state index contributed by atoms with van der Waals surface area (Å²) in [5.41, 5.74) is 4.93. The highest BCUT2D eigenvalue weighted by molar-refractivity contribution is 7.22. The Morgan fingerprint density at radius 2 is 1.57 bits per heavy atom. The first kappa shape index (κ1) is 53.6. The van der Waals surface area contributed by atoms with Crippen LogP contribution in [0.2, 0.25) is 10.0 Å². The maximum Gasteiger partial charge on any atom is 0.345 e. The number of methoxy groups -OCH3 is 1. The van der Waals surface area contributed by atoms with Crippen molar-refractivity contribution in [3.8, 4) is 61.8 Å². The Balaban J connectivity index is 1.05. The van der Waals surface area contributed by atoms with Gasteiger partial charge in [0.25, 0.3) is 0 Å². The predicted molar refractivity (Wildman–Crippen MR) is 285 cm³/mol. The average molecular weight is 1080 g/mol. The molecule has 75 heavy (non-hydrogen) atoms. The molecule has 394 valence electrons. The van der Waals surface area contributed by atoms with E-state index in [1.54, 1.807) is 49.7 Å².